The normalized spacial score (nSPS) is 29.3. The minimum Gasteiger partial charge on any atom is -0.444 e. The maximum absolute atomic E-state index is 12.1. The predicted molar refractivity (Wildman–Crippen MR) is 80.9 cm³/mol. The molecule has 1 N–H and O–H groups in total. The van der Waals surface area contributed by atoms with E-state index in [2.05, 4.69) is 19.2 Å². The molecule has 2 saturated heterocycles. The minimum atomic E-state index is -0.480. The predicted octanol–water partition coefficient (Wildman–Crippen LogP) is 2.55. The number of hydrogen-bond acceptors (Lipinski definition) is 3. The lowest BCUT2D eigenvalue weighted by Crippen LogP contribution is -2.45. The van der Waals surface area contributed by atoms with Crippen LogP contribution in [0.2, 0.25) is 0 Å². The number of nitrogens with one attached hydrogen (secondary N) is 1. The average molecular weight is 296 g/mol. The Kier molecular flexibility index (Phi) is 4.22. The fourth-order valence-electron chi connectivity index (χ4n) is 3.36. The van der Waals surface area contributed by atoms with Gasteiger partial charge >= 0.3 is 6.09 Å². The highest BCUT2D eigenvalue weighted by molar-refractivity contribution is 5.82. The summed E-state index contributed by atoms with van der Waals surface area (Å²) in [6.45, 7) is 11.1. The Morgan fingerprint density at radius 3 is 2.71 bits per heavy atom. The van der Waals surface area contributed by atoms with Gasteiger partial charge in [0.1, 0.15) is 5.60 Å². The molecule has 2 amide bonds. The molecule has 0 aliphatic carbocycles. The third-order valence-corrected chi connectivity index (χ3v) is 4.16. The van der Waals surface area contributed by atoms with Gasteiger partial charge in [0.15, 0.2) is 0 Å². The molecule has 0 aromatic rings. The first-order chi connectivity index (χ1) is 9.60. The van der Waals surface area contributed by atoms with E-state index < -0.39 is 5.60 Å². The molecule has 2 fully saturated rings. The first-order valence-corrected chi connectivity index (χ1v) is 7.90. The number of carbonyl (C=O) groups excluding carboxylic acids is 2. The quantitative estimate of drug-likeness (QED) is 0.852. The summed E-state index contributed by atoms with van der Waals surface area (Å²) in [5.74, 6) is 0.748. The molecule has 2 rings (SSSR count). The van der Waals surface area contributed by atoms with E-state index in [4.69, 9.17) is 4.74 Å². The summed E-state index contributed by atoms with van der Waals surface area (Å²) in [7, 11) is 0. The highest BCUT2D eigenvalue weighted by atomic mass is 16.6. The molecule has 2 atom stereocenters. The Labute approximate surface area is 127 Å². The first kappa shape index (κ1) is 16.1. The highest BCUT2D eigenvalue weighted by Crippen LogP contribution is 2.36. The second-order valence-electron chi connectivity index (χ2n) is 7.95. The Balaban J connectivity index is 1.96. The second kappa shape index (κ2) is 5.50. The molecule has 0 aromatic heterocycles. The van der Waals surface area contributed by atoms with Crippen LogP contribution in [0, 0.1) is 11.8 Å². The van der Waals surface area contributed by atoms with Crippen LogP contribution in [-0.4, -0.2) is 41.1 Å². The Morgan fingerprint density at radius 1 is 1.48 bits per heavy atom. The van der Waals surface area contributed by atoms with Crippen molar-refractivity contribution in [3.05, 3.63) is 0 Å². The van der Waals surface area contributed by atoms with Crippen molar-refractivity contribution in [1.29, 1.82) is 0 Å². The van der Waals surface area contributed by atoms with Crippen LogP contribution in [0.5, 0.6) is 0 Å². The molecule has 0 saturated carbocycles. The van der Waals surface area contributed by atoms with Crippen molar-refractivity contribution >= 4 is 12.0 Å². The summed E-state index contributed by atoms with van der Waals surface area (Å²) in [6, 6.07) is 0. The van der Waals surface area contributed by atoms with Gasteiger partial charge in [-0.1, -0.05) is 13.8 Å². The van der Waals surface area contributed by atoms with Gasteiger partial charge in [0.05, 0.1) is 5.54 Å². The molecule has 0 radical (unpaired) electrons. The Hall–Kier alpha value is -1.26. The van der Waals surface area contributed by atoms with Gasteiger partial charge in [-0.15, -0.1) is 0 Å². The minimum absolute atomic E-state index is 0.0867. The van der Waals surface area contributed by atoms with Crippen LogP contribution in [0.4, 0.5) is 4.79 Å². The number of amides is 2. The number of ether oxygens (including phenoxy) is 1. The van der Waals surface area contributed by atoms with E-state index >= 15 is 0 Å². The molecule has 5 heteroatoms. The van der Waals surface area contributed by atoms with Gasteiger partial charge in [-0.05, 0) is 46.0 Å². The molecular weight excluding hydrogens is 268 g/mol. The standard InChI is InChI=1S/C16H28N2O3/c1-11(2)8-12-9-16(17-13(12)19)6-7-18(10-16)14(20)21-15(3,4)5/h11-12H,6-10H2,1-5H3,(H,17,19). The first-order valence-electron chi connectivity index (χ1n) is 7.90. The summed E-state index contributed by atoms with van der Waals surface area (Å²) in [6.07, 6.45) is 2.30. The van der Waals surface area contributed by atoms with Crippen molar-refractivity contribution in [1.82, 2.24) is 10.2 Å². The van der Waals surface area contributed by atoms with Crippen LogP contribution < -0.4 is 5.32 Å². The van der Waals surface area contributed by atoms with Crippen molar-refractivity contribution in [3.63, 3.8) is 0 Å². The smallest absolute Gasteiger partial charge is 0.410 e. The van der Waals surface area contributed by atoms with Crippen LogP contribution in [0.25, 0.3) is 0 Å². The van der Waals surface area contributed by atoms with Crippen LogP contribution >= 0.6 is 0 Å². The lowest BCUT2D eigenvalue weighted by molar-refractivity contribution is -0.123. The largest absolute Gasteiger partial charge is 0.444 e. The maximum Gasteiger partial charge on any atom is 0.410 e. The van der Waals surface area contributed by atoms with Crippen molar-refractivity contribution in [3.8, 4) is 0 Å². The zero-order valence-electron chi connectivity index (χ0n) is 13.9. The van der Waals surface area contributed by atoms with E-state index in [0.29, 0.717) is 19.0 Å². The van der Waals surface area contributed by atoms with E-state index in [1.807, 2.05) is 20.8 Å². The summed E-state index contributed by atoms with van der Waals surface area (Å²) >= 11 is 0. The van der Waals surface area contributed by atoms with Crippen LogP contribution in [0.1, 0.15) is 53.9 Å². The van der Waals surface area contributed by atoms with Gasteiger partial charge < -0.3 is 15.0 Å². The third-order valence-electron chi connectivity index (χ3n) is 4.16. The van der Waals surface area contributed by atoms with E-state index in [1.54, 1.807) is 4.90 Å². The average Bonchev–Trinajstić information content (AvgIpc) is 2.81. The van der Waals surface area contributed by atoms with Gasteiger partial charge in [0, 0.05) is 19.0 Å². The molecule has 0 aromatic carbocycles. The van der Waals surface area contributed by atoms with Crippen molar-refractivity contribution in [2.75, 3.05) is 13.1 Å². The SMILES string of the molecule is CC(C)CC1CC2(CCN(C(=O)OC(C)(C)C)C2)NC1=O. The molecule has 2 aliphatic rings. The van der Waals surface area contributed by atoms with Gasteiger partial charge in [-0.25, -0.2) is 4.79 Å². The maximum atomic E-state index is 12.1. The van der Waals surface area contributed by atoms with Gasteiger partial charge in [0.25, 0.3) is 0 Å². The Bertz CT molecular complexity index is 428. The molecule has 21 heavy (non-hydrogen) atoms. The summed E-state index contributed by atoms with van der Waals surface area (Å²) in [5, 5.41) is 3.14. The molecule has 1 spiro atoms. The zero-order chi connectivity index (χ0) is 15.8. The van der Waals surface area contributed by atoms with Gasteiger partial charge in [-0.2, -0.15) is 0 Å². The van der Waals surface area contributed by atoms with E-state index in [0.717, 1.165) is 19.3 Å². The zero-order valence-corrected chi connectivity index (χ0v) is 13.9. The summed E-state index contributed by atoms with van der Waals surface area (Å²) in [5.41, 5.74) is -0.709. The van der Waals surface area contributed by atoms with Crippen LogP contribution in [0.3, 0.4) is 0 Å². The summed E-state index contributed by atoms with van der Waals surface area (Å²) in [4.78, 5) is 26.0. The highest BCUT2D eigenvalue weighted by Gasteiger charge is 2.49. The fraction of sp³-hybridized carbons (Fsp3) is 0.875. The molecule has 2 heterocycles. The van der Waals surface area contributed by atoms with E-state index in [9.17, 15) is 9.59 Å². The van der Waals surface area contributed by atoms with Crippen molar-refractivity contribution < 1.29 is 14.3 Å². The molecule has 120 valence electrons. The fourth-order valence-corrected chi connectivity index (χ4v) is 3.36. The number of rotatable bonds is 2. The topological polar surface area (TPSA) is 58.6 Å². The summed E-state index contributed by atoms with van der Waals surface area (Å²) < 4.78 is 5.42. The number of hydrogen-bond donors (Lipinski definition) is 1. The molecule has 0 bridgehead atoms. The lowest BCUT2D eigenvalue weighted by Gasteiger charge is -2.27. The molecule has 2 aliphatic heterocycles. The second-order valence-corrected chi connectivity index (χ2v) is 7.95. The monoisotopic (exact) mass is 296 g/mol. The molecule has 5 nitrogen and oxygen atoms in total. The van der Waals surface area contributed by atoms with E-state index in [-0.39, 0.29) is 23.5 Å². The molecule has 2 unspecified atom stereocenters. The third kappa shape index (κ3) is 3.89. The van der Waals surface area contributed by atoms with Gasteiger partial charge in [0.2, 0.25) is 5.91 Å². The van der Waals surface area contributed by atoms with E-state index in [1.165, 1.54) is 0 Å². The lowest BCUT2D eigenvalue weighted by atomic mass is 9.87. The van der Waals surface area contributed by atoms with Crippen molar-refractivity contribution in [2.24, 2.45) is 11.8 Å². The van der Waals surface area contributed by atoms with Crippen molar-refractivity contribution in [2.45, 2.75) is 65.0 Å². The number of carbonyl (C=O) groups is 2. The van der Waals surface area contributed by atoms with Gasteiger partial charge in [-0.3, -0.25) is 4.79 Å². The van der Waals surface area contributed by atoms with Crippen LogP contribution in [-0.2, 0) is 9.53 Å². The van der Waals surface area contributed by atoms with Crippen LogP contribution in [0.15, 0.2) is 0 Å². The molecular formula is C16H28N2O3. The number of likely N-dealkylation sites (tertiary alicyclic amines) is 1. The Morgan fingerprint density at radius 2 is 2.14 bits per heavy atom. The number of nitrogens with zero attached hydrogens (tertiary/aromatic N) is 1.